The predicted molar refractivity (Wildman–Crippen MR) is 99.0 cm³/mol. The molecule has 1 saturated heterocycles. The molecule has 2 aliphatic heterocycles. The first-order chi connectivity index (χ1) is 13.1. The van der Waals surface area contributed by atoms with E-state index in [4.69, 9.17) is 9.47 Å². The number of carbonyl (C=O) groups is 1. The second-order valence-electron chi connectivity index (χ2n) is 6.32. The summed E-state index contributed by atoms with van der Waals surface area (Å²) in [4.78, 5) is 28.8. The second-order valence-corrected chi connectivity index (χ2v) is 7.38. The Morgan fingerprint density at radius 3 is 2.67 bits per heavy atom. The van der Waals surface area contributed by atoms with Gasteiger partial charge in [-0.05, 0) is 31.8 Å². The molecule has 2 N–H and O–H groups in total. The molecule has 2 aromatic rings. The summed E-state index contributed by atoms with van der Waals surface area (Å²) in [5, 5.41) is 17.8. The first-order valence-electron chi connectivity index (χ1n) is 8.67. The van der Waals surface area contributed by atoms with Gasteiger partial charge in [0.1, 0.15) is 18.8 Å². The molecule has 0 spiro atoms. The Kier molecular flexibility index (Phi) is 4.90. The monoisotopic (exact) mass is 390 g/mol. The van der Waals surface area contributed by atoms with Gasteiger partial charge >= 0.3 is 0 Å². The summed E-state index contributed by atoms with van der Waals surface area (Å²) in [6.45, 7) is 2.58. The summed E-state index contributed by atoms with van der Waals surface area (Å²) >= 11 is 1.41. The van der Waals surface area contributed by atoms with Gasteiger partial charge < -0.3 is 14.8 Å². The SMILES string of the molecule is O=C(Nc1ncc(C2CCNCC2)s1)c1cc2c(cc1[N+](=O)[O-])OCCO2. The molecule has 9 nitrogen and oxygen atoms in total. The van der Waals surface area contributed by atoms with Crippen molar-refractivity contribution < 1.29 is 19.2 Å². The minimum Gasteiger partial charge on any atom is -0.486 e. The van der Waals surface area contributed by atoms with Crippen LogP contribution in [0.1, 0.15) is 34.0 Å². The third-order valence-corrected chi connectivity index (χ3v) is 5.66. The number of nitrogens with zero attached hydrogens (tertiary/aromatic N) is 2. The Bertz CT molecular complexity index is 878. The van der Waals surface area contributed by atoms with Crippen molar-refractivity contribution in [1.82, 2.24) is 10.3 Å². The number of anilines is 1. The van der Waals surface area contributed by atoms with Crippen molar-refractivity contribution >= 4 is 28.1 Å². The number of rotatable bonds is 4. The van der Waals surface area contributed by atoms with Gasteiger partial charge in [-0.15, -0.1) is 11.3 Å². The summed E-state index contributed by atoms with van der Waals surface area (Å²) in [6.07, 6.45) is 3.83. The fourth-order valence-corrected chi connectivity index (χ4v) is 4.20. The molecule has 0 aliphatic carbocycles. The molecule has 27 heavy (non-hydrogen) atoms. The third kappa shape index (κ3) is 3.71. The zero-order valence-corrected chi connectivity index (χ0v) is 15.2. The predicted octanol–water partition coefficient (Wildman–Crippen LogP) is 2.54. The Hall–Kier alpha value is -2.72. The normalized spacial score (nSPS) is 16.7. The number of nitro benzene ring substituents is 1. The van der Waals surface area contributed by atoms with Crippen LogP contribution in [0.2, 0.25) is 0 Å². The van der Waals surface area contributed by atoms with Crippen LogP contribution in [0.25, 0.3) is 0 Å². The molecule has 0 atom stereocenters. The summed E-state index contributed by atoms with van der Waals surface area (Å²) < 4.78 is 10.8. The van der Waals surface area contributed by atoms with Gasteiger partial charge in [0.25, 0.3) is 11.6 Å². The number of amides is 1. The number of hydrogen-bond donors (Lipinski definition) is 2. The zero-order valence-electron chi connectivity index (χ0n) is 14.4. The summed E-state index contributed by atoms with van der Waals surface area (Å²) in [7, 11) is 0. The van der Waals surface area contributed by atoms with Crippen LogP contribution in [0, 0.1) is 10.1 Å². The lowest BCUT2D eigenvalue weighted by molar-refractivity contribution is -0.385. The number of piperidine rings is 1. The number of carbonyl (C=O) groups excluding carboxylic acids is 1. The number of thiazole rings is 1. The third-order valence-electron chi connectivity index (χ3n) is 4.59. The van der Waals surface area contributed by atoms with Crippen LogP contribution in [-0.2, 0) is 0 Å². The van der Waals surface area contributed by atoms with Gasteiger partial charge in [-0.25, -0.2) is 4.98 Å². The van der Waals surface area contributed by atoms with Crippen LogP contribution in [0.5, 0.6) is 11.5 Å². The highest BCUT2D eigenvalue weighted by Gasteiger charge is 2.27. The Morgan fingerprint density at radius 2 is 1.96 bits per heavy atom. The number of aromatic nitrogens is 1. The molecule has 3 heterocycles. The summed E-state index contributed by atoms with van der Waals surface area (Å²) in [5.74, 6) is 0.432. The maximum absolute atomic E-state index is 12.7. The van der Waals surface area contributed by atoms with E-state index in [0.717, 1.165) is 30.8 Å². The van der Waals surface area contributed by atoms with Gasteiger partial charge in [0.05, 0.1) is 11.0 Å². The fraction of sp³-hybridized carbons (Fsp3) is 0.412. The average Bonchev–Trinajstić information content (AvgIpc) is 3.16. The molecule has 0 unspecified atom stereocenters. The van der Waals surface area contributed by atoms with Crippen LogP contribution >= 0.6 is 11.3 Å². The number of hydrogen-bond acceptors (Lipinski definition) is 8. The summed E-state index contributed by atoms with van der Waals surface area (Å²) in [6, 6.07) is 2.58. The highest BCUT2D eigenvalue weighted by molar-refractivity contribution is 7.15. The lowest BCUT2D eigenvalue weighted by Gasteiger charge is -2.20. The lowest BCUT2D eigenvalue weighted by atomic mass is 9.97. The van der Waals surface area contributed by atoms with Crippen molar-refractivity contribution in [2.75, 3.05) is 31.6 Å². The van der Waals surface area contributed by atoms with Crippen LogP contribution in [0.15, 0.2) is 18.3 Å². The van der Waals surface area contributed by atoms with Gasteiger partial charge in [-0.1, -0.05) is 0 Å². The maximum Gasteiger partial charge on any atom is 0.286 e. The molecule has 142 valence electrons. The second kappa shape index (κ2) is 7.49. The number of nitrogens with one attached hydrogen (secondary N) is 2. The van der Waals surface area contributed by atoms with Crippen molar-refractivity contribution in [3.63, 3.8) is 0 Å². The molecule has 0 bridgehead atoms. The average molecular weight is 390 g/mol. The number of ether oxygens (including phenoxy) is 2. The molecule has 1 amide bonds. The van der Waals surface area contributed by atoms with E-state index in [2.05, 4.69) is 15.6 Å². The van der Waals surface area contributed by atoms with Gasteiger partial charge in [-0.3, -0.25) is 20.2 Å². The quantitative estimate of drug-likeness (QED) is 0.609. The molecule has 1 aromatic carbocycles. The highest BCUT2D eigenvalue weighted by atomic mass is 32.1. The van der Waals surface area contributed by atoms with Crippen molar-refractivity contribution in [2.45, 2.75) is 18.8 Å². The smallest absolute Gasteiger partial charge is 0.286 e. The zero-order chi connectivity index (χ0) is 18.8. The minimum absolute atomic E-state index is 0.0807. The molecular weight excluding hydrogens is 372 g/mol. The van der Waals surface area contributed by atoms with Crippen molar-refractivity contribution in [1.29, 1.82) is 0 Å². The Morgan fingerprint density at radius 1 is 1.26 bits per heavy atom. The molecule has 0 saturated carbocycles. The van der Waals surface area contributed by atoms with Gasteiger partial charge in [-0.2, -0.15) is 0 Å². The number of fused-ring (bicyclic) bond motifs is 1. The molecule has 1 aromatic heterocycles. The van der Waals surface area contributed by atoms with Crippen LogP contribution < -0.4 is 20.1 Å². The van der Waals surface area contributed by atoms with Crippen molar-refractivity contribution in [2.24, 2.45) is 0 Å². The molecule has 4 rings (SSSR count). The van der Waals surface area contributed by atoms with Gasteiger partial charge in [0, 0.05) is 17.1 Å². The van der Waals surface area contributed by atoms with Crippen molar-refractivity contribution in [3.8, 4) is 11.5 Å². The van der Waals surface area contributed by atoms with E-state index in [1.165, 1.54) is 23.5 Å². The largest absolute Gasteiger partial charge is 0.486 e. The lowest BCUT2D eigenvalue weighted by Crippen LogP contribution is -2.26. The first kappa shape index (κ1) is 17.7. The molecule has 0 radical (unpaired) electrons. The molecule has 1 fully saturated rings. The van der Waals surface area contributed by atoms with Crippen LogP contribution in [-0.4, -0.2) is 42.1 Å². The van der Waals surface area contributed by atoms with Crippen LogP contribution in [0.4, 0.5) is 10.8 Å². The highest BCUT2D eigenvalue weighted by Crippen LogP contribution is 2.37. The van der Waals surface area contributed by atoms with E-state index in [-0.39, 0.29) is 17.0 Å². The van der Waals surface area contributed by atoms with Crippen molar-refractivity contribution in [3.05, 3.63) is 38.9 Å². The molecular formula is C17H18N4O5S. The van der Waals surface area contributed by atoms with Crippen LogP contribution in [0.3, 0.4) is 0 Å². The maximum atomic E-state index is 12.7. The summed E-state index contributed by atoms with van der Waals surface area (Å²) in [5.41, 5.74) is -0.408. The van der Waals surface area contributed by atoms with Gasteiger partial charge in [0.15, 0.2) is 16.6 Å². The minimum atomic E-state index is -0.602. The Balaban J connectivity index is 1.56. The standard InChI is InChI=1S/C17H18N4O5S/c22-16(20-17-19-9-15(27-17)10-1-3-18-4-2-10)11-7-13-14(26-6-5-25-13)8-12(11)21(23)24/h7-10,18H,1-6H2,(H,19,20,22). The van der Waals surface area contributed by atoms with E-state index >= 15 is 0 Å². The Labute approximate surface area is 158 Å². The first-order valence-corrected chi connectivity index (χ1v) is 9.49. The van der Waals surface area contributed by atoms with E-state index < -0.39 is 10.8 Å². The topological polar surface area (TPSA) is 116 Å². The number of nitro groups is 1. The van der Waals surface area contributed by atoms with E-state index in [0.29, 0.717) is 30.0 Å². The van der Waals surface area contributed by atoms with E-state index in [1.54, 1.807) is 6.20 Å². The van der Waals surface area contributed by atoms with Gasteiger partial charge in [0.2, 0.25) is 0 Å². The molecule has 10 heteroatoms. The van der Waals surface area contributed by atoms with E-state index in [1.807, 2.05) is 0 Å². The fourth-order valence-electron chi connectivity index (χ4n) is 3.21. The molecule has 2 aliphatic rings. The van der Waals surface area contributed by atoms with E-state index in [9.17, 15) is 14.9 Å². The number of benzene rings is 1.